The standard InChI is InChI=1S/C18H17Cl2N3O2S2/c19-13-4-3-7-16(18(13)20)27(24,25)23-10-8-22(9-11-23)12-17-21-14-5-1-2-6-15(14)26-17/h1-7H,8-12H2. The van der Waals surface area contributed by atoms with Crippen LogP contribution in [0.2, 0.25) is 10.0 Å². The molecule has 1 aliphatic heterocycles. The summed E-state index contributed by atoms with van der Waals surface area (Å²) in [5, 5.41) is 1.37. The summed E-state index contributed by atoms with van der Waals surface area (Å²) < 4.78 is 28.4. The van der Waals surface area contributed by atoms with Gasteiger partial charge < -0.3 is 0 Å². The molecule has 5 nitrogen and oxygen atoms in total. The fourth-order valence-corrected chi connectivity index (χ4v) is 6.30. The van der Waals surface area contributed by atoms with Crippen LogP contribution < -0.4 is 0 Å². The maximum absolute atomic E-state index is 12.9. The van der Waals surface area contributed by atoms with E-state index >= 15 is 0 Å². The molecule has 1 aromatic heterocycles. The lowest BCUT2D eigenvalue weighted by Gasteiger charge is -2.33. The van der Waals surface area contributed by atoms with Gasteiger partial charge in [-0.1, -0.05) is 41.4 Å². The first-order valence-corrected chi connectivity index (χ1v) is 11.5. The second-order valence-corrected chi connectivity index (χ2v) is 10.1. The molecule has 9 heteroatoms. The molecule has 0 unspecified atom stereocenters. The van der Waals surface area contributed by atoms with Crippen molar-refractivity contribution in [3.8, 4) is 0 Å². The van der Waals surface area contributed by atoms with Gasteiger partial charge in [-0.25, -0.2) is 13.4 Å². The number of hydrogen-bond acceptors (Lipinski definition) is 5. The maximum atomic E-state index is 12.9. The predicted molar refractivity (Wildman–Crippen MR) is 110 cm³/mol. The highest BCUT2D eigenvalue weighted by Crippen LogP contribution is 2.31. The van der Waals surface area contributed by atoms with Gasteiger partial charge in [0.15, 0.2) is 0 Å². The number of hydrogen-bond donors (Lipinski definition) is 0. The summed E-state index contributed by atoms with van der Waals surface area (Å²) in [7, 11) is -3.65. The van der Waals surface area contributed by atoms with Crippen LogP contribution >= 0.6 is 34.5 Å². The average Bonchev–Trinajstić information content (AvgIpc) is 3.06. The lowest BCUT2D eigenvalue weighted by molar-refractivity contribution is 0.181. The molecule has 0 atom stereocenters. The third-order valence-corrected chi connectivity index (χ3v) is 8.46. The molecule has 0 saturated carbocycles. The molecule has 4 rings (SSSR count). The Kier molecular flexibility index (Phi) is 5.42. The number of aromatic nitrogens is 1. The van der Waals surface area contributed by atoms with Crippen molar-refractivity contribution in [3.05, 3.63) is 57.5 Å². The van der Waals surface area contributed by atoms with Gasteiger partial charge in [-0.05, 0) is 24.3 Å². The highest BCUT2D eigenvalue weighted by Gasteiger charge is 2.30. The number of thiazole rings is 1. The first kappa shape index (κ1) is 19.1. The highest BCUT2D eigenvalue weighted by molar-refractivity contribution is 7.89. The van der Waals surface area contributed by atoms with Gasteiger partial charge in [0, 0.05) is 26.2 Å². The number of piperazine rings is 1. The Morgan fingerprint density at radius 2 is 1.74 bits per heavy atom. The van der Waals surface area contributed by atoms with Crippen molar-refractivity contribution >= 4 is 54.8 Å². The molecule has 0 N–H and O–H groups in total. The third-order valence-electron chi connectivity index (χ3n) is 4.56. The molecule has 27 heavy (non-hydrogen) atoms. The van der Waals surface area contributed by atoms with E-state index in [1.54, 1.807) is 23.5 Å². The zero-order valence-corrected chi connectivity index (χ0v) is 17.5. The van der Waals surface area contributed by atoms with Crippen molar-refractivity contribution in [3.63, 3.8) is 0 Å². The topological polar surface area (TPSA) is 53.5 Å². The minimum absolute atomic E-state index is 0.0660. The molecule has 1 fully saturated rings. The van der Waals surface area contributed by atoms with Crippen LogP contribution in [0.25, 0.3) is 10.2 Å². The zero-order valence-electron chi connectivity index (χ0n) is 14.3. The van der Waals surface area contributed by atoms with Gasteiger partial charge in [0.05, 0.1) is 26.8 Å². The minimum Gasteiger partial charge on any atom is -0.294 e. The SMILES string of the molecule is O=S(=O)(c1cccc(Cl)c1Cl)N1CCN(Cc2nc3ccccc3s2)CC1. The first-order chi connectivity index (χ1) is 12.9. The number of benzene rings is 2. The summed E-state index contributed by atoms with van der Waals surface area (Å²) in [4.78, 5) is 6.95. The molecular formula is C18H17Cl2N3O2S2. The summed E-state index contributed by atoms with van der Waals surface area (Å²) >= 11 is 13.8. The maximum Gasteiger partial charge on any atom is 0.244 e. The molecule has 1 saturated heterocycles. The van der Waals surface area contributed by atoms with E-state index in [1.165, 1.54) is 15.1 Å². The van der Waals surface area contributed by atoms with E-state index in [2.05, 4.69) is 16.0 Å². The van der Waals surface area contributed by atoms with Crippen molar-refractivity contribution in [2.24, 2.45) is 0 Å². The molecule has 3 aromatic rings. The normalized spacial score (nSPS) is 16.8. The quantitative estimate of drug-likeness (QED) is 0.610. The Hall–Kier alpha value is -1.22. The van der Waals surface area contributed by atoms with Crippen LogP contribution in [0.5, 0.6) is 0 Å². The fourth-order valence-electron chi connectivity index (χ4n) is 3.13. The van der Waals surface area contributed by atoms with E-state index < -0.39 is 10.0 Å². The van der Waals surface area contributed by atoms with Gasteiger partial charge in [-0.15, -0.1) is 11.3 Å². The van der Waals surface area contributed by atoms with E-state index in [-0.39, 0.29) is 14.9 Å². The lowest BCUT2D eigenvalue weighted by Crippen LogP contribution is -2.48. The molecule has 2 heterocycles. The van der Waals surface area contributed by atoms with Gasteiger partial charge in [0.2, 0.25) is 10.0 Å². The van der Waals surface area contributed by atoms with Crippen LogP contribution in [-0.2, 0) is 16.6 Å². The molecule has 1 aliphatic rings. The Bertz CT molecular complexity index is 1040. The van der Waals surface area contributed by atoms with Gasteiger partial charge in [-0.3, -0.25) is 4.90 Å². The molecule has 0 aliphatic carbocycles. The predicted octanol–water partition coefficient (Wildman–Crippen LogP) is 4.11. The van der Waals surface area contributed by atoms with E-state index in [1.807, 2.05) is 18.2 Å². The Labute approximate surface area is 172 Å². The molecule has 142 valence electrons. The molecule has 0 amide bonds. The van der Waals surface area contributed by atoms with Crippen LogP contribution in [0.4, 0.5) is 0 Å². The van der Waals surface area contributed by atoms with Crippen molar-refractivity contribution in [2.75, 3.05) is 26.2 Å². The second-order valence-electron chi connectivity index (χ2n) is 6.31. The Morgan fingerprint density at radius 1 is 1.00 bits per heavy atom. The Balaban J connectivity index is 1.44. The van der Waals surface area contributed by atoms with Gasteiger partial charge >= 0.3 is 0 Å². The minimum atomic E-state index is -3.65. The Morgan fingerprint density at radius 3 is 2.48 bits per heavy atom. The molecule has 0 bridgehead atoms. The summed E-state index contributed by atoms with van der Waals surface area (Å²) in [5.41, 5.74) is 1.01. The number of sulfonamides is 1. The van der Waals surface area contributed by atoms with Crippen molar-refractivity contribution < 1.29 is 8.42 Å². The average molecular weight is 442 g/mol. The monoisotopic (exact) mass is 441 g/mol. The van der Waals surface area contributed by atoms with Crippen LogP contribution in [0.3, 0.4) is 0 Å². The number of halogens is 2. The zero-order chi connectivity index (χ0) is 19.0. The molecule has 0 spiro atoms. The van der Waals surface area contributed by atoms with Crippen molar-refractivity contribution in [1.29, 1.82) is 0 Å². The first-order valence-electron chi connectivity index (χ1n) is 8.46. The van der Waals surface area contributed by atoms with Crippen LogP contribution in [0.15, 0.2) is 47.4 Å². The summed E-state index contributed by atoms with van der Waals surface area (Å²) in [5.74, 6) is 0. The van der Waals surface area contributed by atoms with Gasteiger partial charge in [-0.2, -0.15) is 4.31 Å². The van der Waals surface area contributed by atoms with Crippen LogP contribution in [-0.4, -0.2) is 48.8 Å². The van der Waals surface area contributed by atoms with E-state index in [9.17, 15) is 8.42 Å². The summed E-state index contributed by atoms with van der Waals surface area (Å²) in [6.45, 7) is 2.85. The van der Waals surface area contributed by atoms with E-state index in [0.29, 0.717) is 26.2 Å². The fraction of sp³-hybridized carbons (Fsp3) is 0.278. The number of fused-ring (bicyclic) bond motifs is 1. The third kappa shape index (κ3) is 3.85. The molecule has 0 radical (unpaired) electrons. The molecular weight excluding hydrogens is 425 g/mol. The number of rotatable bonds is 4. The molecule has 2 aromatic carbocycles. The van der Waals surface area contributed by atoms with Crippen LogP contribution in [0.1, 0.15) is 5.01 Å². The van der Waals surface area contributed by atoms with Crippen LogP contribution in [0, 0.1) is 0 Å². The van der Waals surface area contributed by atoms with Crippen molar-refractivity contribution in [1.82, 2.24) is 14.2 Å². The lowest BCUT2D eigenvalue weighted by atomic mass is 10.3. The second kappa shape index (κ2) is 7.66. The summed E-state index contributed by atoms with van der Waals surface area (Å²) in [6, 6.07) is 12.7. The highest BCUT2D eigenvalue weighted by atomic mass is 35.5. The smallest absolute Gasteiger partial charge is 0.244 e. The van der Waals surface area contributed by atoms with E-state index in [0.717, 1.165) is 17.1 Å². The largest absolute Gasteiger partial charge is 0.294 e. The number of nitrogens with zero attached hydrogens (tertiary/aromatic N) is 3. The van der Waals surface area contributed by atoms with E-state index in [4.69, 9.17) is 23.2 Å². The summed E-state index contributed by atoms with van der Waals surface area (Å²) in [6.07, 6.45) is 0. The van der Waals surface area contributed by atoms with Gasteiger partial charge in [0.25, 0.3) is 0 Å². The number of para-hydroxylation sites is 1. The van der Waals surface area contributed by atoms with Gasteiger partial charge in [0.1, 0.15) is 9.90 Å². The van der Waals surface area contributed by atoms with Crippen molar-refractivity contribution in [2.45, 2.75) is 11.4 Å².